The van der Waals surface area contributed by atoms with Gasteiger partial charge in [0, 0.05) is 0 Å². The molecule has 0 saturated carbocycles. The molecule has 8 heteroatoms. The van der Waals surface area contributed by atoms with Crippen LogP contribution in [0.15, 0.2) is 25.6 Å². The van der Waals surface area contributed by atoms with Gasteiger partial charge in [-0.1, -0.05) is 30.0 Å². The first-order chi connectivity index (χ1) is 8.19. The molecule has 0 aliphatic rings. The summed E-state index contributed by atoms with van der Waals surface area (Å²) in [6.45, 7) is 2.03. The topological polar surface area (TPSA) is 68.0 Å². The Morgan fingerprint density at radius 2 is 2.41 bits per heavy atom. The van der Waals surface area contributed by atoms with Crippen molar-refractivity contribution in [3.05, 3.63) is 22.6 Å². The molecule has 0 unspecified atom stereocenters. The Morgan fingerprint density at radius 1 is 1.59 bits per heavy atom. The molecular formula is C9H8BrN3O2S2. The average molecular weight is 334 g/mol. The van der Waals surface area contributed by atoms with Gasteiger partial charge < -0.3 is 4.42 Å². The van der Waals surface area contributed by atoms with E-state index in [0.717, 1.165) is 10.1 Å². The molecule has 0 fully saturated rings. The maximum Gasteiger partial charge on any atom is 0.293 e. The summed E-state index contributed by atoms with van der Waals surface area (Å²) in [6.07, 6.45) is 0. The van der Waals surface area contributed by atoms with Crippen molar-refractivity contribution in [2.24, 2.45) is 0 Å². The molecule has 2 heterocycles. The number of furan rings is 1. The standard InChI is InChI=1S/C9H8BrN3O2S2/c1-2-16-9-13-12-8(17-9)11-7(14)5-3-4-6(10)15-5/h3-4H,2H2,1H3,(H,11,12,14). The zero-order valence-electron chi connectivity index (χ0n) is 8.77. The van der Waals surface area contributed by atoms with Crippen LogP contribution < -0.4 is 5.32 Å². The maximum absolute atomic E-state index is 11.7. The minimum atomic E-state index is -0.333. The molecule has 0 bridgehead atoms. The van der Waals surface area contributed by atoms with Crippen LogP contribution >= 0.6 is 39.0 Å². The molecule has 17 heavy (non-hydrogen) atoms. The number of carbonyl (C=O) groups is 1. The lowest BCUT2D eigenvalue weighted by atomic mass is 10.4. The van der Waals surface area contributed by atoms with Crippen LogP contribution in [-0.2, 0) is 0 Å². The zero-order chi connectivity index (χ0) is 12.3. The molecule has 1 N–H and O–H groups in total. The quantitative estimate of drug-likeness (QED) is 0.687. The highest BCUT2D eigenvalue weighted by molar-refractivity contribution is 9.10. The summed E-state index contributed by atoms with van der Waals surface area (Å²) in [5.74, 6) is 0.824. The van der Waals surface area contributed by atoms with Crippen LogP contribution in [0, 0.1) is 0 Å². The number of nitrogens with one attached hydrogen (secondary N) is 1. The summed E-state index contributed by atoms with van der Waals surface area (Å²) in [6, 6.07) is 3.25. The molecule has 2 rings (SSSR count). The maximum atomic E-state index is 11.7. The number of aromatic nitrogens is 2. The summed E-state index contributed by atoms with van der Waals surface area (Å²) in [4.78, 5) is 11.7. The number of hydrogen-bond donors (Lipinski definition) is 1. The van der Waals surface area contributed by atoms with Crippen LogP contribution in [-0.4, -0.2) is 21.9 Å². The molecule has 0 spiro atoms. The predicted molar refractivity (Wildman–Crippen MR) is 70.7 cm³/mol. The van der Waals surface area contributed by atoms with E-state index in [4.69, 9.17) is 4.42 Å². The summed E-state index contributed by atoms with van der Waals surface area (Å²) < 4.78 is 6.48. The molecule has 2 aromatic rings. The Bertz CT molecular complexity index is 526. The fourth-order valence-corrected chi connectivity index (χ4v) is 2.99. The summed E-state index contributed by atoms with van der Waals surface area (Å²) in [5, 5.41) is 10.9. The number of rotatable bonds is 4. The number of halogens is 1. The molecule has 0 aliphatic heterocycles. The molecule has 0 atom stereocenters. The average Bonchev–Trinajstić information content (AvgIpc) is 2.88. The Kier molecular flexibility index (Phi) is 4.19. The number of thioether (sulfide) groups is 1. The van der Waals surface area contributed by atoms with Crippen LogP contribution in [0.2, 0.25) is 0 Å². The first kappa shape index (κ1) is 12.6. The lowest BCUT2D eigenvalue weighted by Gasteiger charge is -1.95. The van der Waals surface area contributed by atoms with E-state index >= 15 is 0 Å². The molecule has 0 radical (unpaired) electrons. The van der Waals surface area contributed by atoms with E-state index in [1.165, 1.54) is 11.3 Å². The summed E-state index contributed by atoms with van der Waals surface area (Å²) >= 11 is 6.06. The fourth-order valence-electron chi connectivity index (χ4n) is 1.04. The second-order valence-corrected chi connectivity index (χ2v) is 6.13. The van der Waals surface area contributed by atoms with Crippen LogP contribution in [0.1, 0.15) is 17.5 Å². The molecule has 90 valence electrons. The van der Waals surface area contributed by atoms with Crippen molar-refractivity contribution >= 4 is 50.1 Å². The van der Waals surface area contributed by atoms with Crippen LogP contribution in [0.3, 0.4) is 0 Å². The Labute approximate surface area is 114 Å². The van der Waals surface area contributed by atoms with E-state index in [2.05, 4.69) is 31.4 Å². The van der Waals surface area contributed by atoms with Gasteiger partial charge in [0.1, 0.15) is 0 Å². The van der Waals surface area contributed by atoms with Gasteiger partial charge in [-0.15, -0.1) is 10.2 Å². The lowest BCUT2D eigenvalue weighted by molar-refractivity contribution is 0.0995. The van der Waals surface area contributed by atoms with Gasteiger partial charge in [0.15, 0.2) is 14.8 Å². The van der Waals surface area contributed by atoms with Gasteiger partial charge >= 0.3 is 0 Å². The van der Waals surface area contributed by atoms with E-state index in [1.54, 1.807) is 23.9 Å². The van der Waals surface area contributed by atoms with Gasteiger partial charge in [0.25, 0.3) is 5.91 Å². The molecule has 0 saturated heterocycles. The van der Waals surface area contributed by atoms with Crippen molar-refractivity contribution < 1.29 is 9.21 Å². The van der Waals surface area contributed by atoms with E-state index in [1.807, 2.05) is 6.92 Å². The first-order valence-electron chi connectivity index (χ1n) is 4.72. The molecule has 1 amide bonds. The predicted octanol–water partition coefficient (Wildman–Crippen LogP) is 3.26. The van der Waals surface area contributed by atoms with E-state index < -0.39 is 0 Å². The molecule has 0 aromatic carbocycles. The fraction of sp³-hybridized carbons (Fsp3) is 0.222. The number of hydrogen-bond acceptors (Lipinski definition) is 6. The van der Waals surface area contributed by atoms with Crippen LogP contribution in [0.4, 0.5) is 5.13 Å². The zero-order valence-corrected chi connectivity index (χ0v) is 12.0. The minimum Gasteiger partial charge on any atom is -0.444 e. The van der Waals surface area contributed by atoms with Crippen molar-refractivity contribution in [1.82, 2.24) is 10.2 Å². The second kappa shape index (κ2) is 5.65. The van der Waals surface area contributed by atoms with Crippen molar-refractivity contribution in [3.63, 3.8) is 0 Å². The normalized spacial score (nSPS) is 10.5. The second-order valence-electron chi connectivity index (χ2n) is 2.86. The molecular weight excluding hydrogens is 326 g/mol. The molecule has 0 aliphatic carbocycles. The Balaban J connectivity index is 2.02. The van der Waals surface area contributed by atoms with Crippen molar-refractivity contribution in [3.8, 4) is 0 Å². The van der Waals surface area contributed by atoms with Crippen LogP contribution in [0.5, 0.6) is 0 Å². The summed E-state index contributed by atoms with van der Waals surface area (Å²) in [7, 11) is 0. The smallest absolute Gasteiger partial charge is 0.293 e. The van der Waals surface area contributed by atoms with Crippen molar-refractivity contribution in [2.75, 3.05) is 11.1 Å². The third-order valence-corrected chi connectivity index (χ3v) is 3.97. The monoisotopic (exact) mass is 333 g/mol. The van der Waals surface area contributed by atoms with E-state index in [9.17, 15) is 4.79 Å². The SMILES string of the molecule is CCSc1nnc(NC(=O)c2ccc(Br)o2)s1. The van der Waals surface area contributed by atoms with Gasteiger partial charge in [-0.2, -0.15) is 0 Å². The van der Waals surface area contributed by atoms with Crippen molar-refractivity contribution in [2.45, 2.75) is 11.3 Å². The van der Waals surface area contributed by atoms with Crippen molar-refractivity contribution in [1.29, 1.82) is 0 Å². The lowest BCUT2D eigenvalue weighted by Crippen LogP contribution is -2.10. The third kappa shape index (κ3) is 3.30. The first-order valence-corrected chi connectivity index (χ1v) is 7.31. The third-order valence-electron chi connectivity index (χ3n) is 1.69. The Morgan fingerprint density at radius 3 is 3.06 bits per heavy atom. The van der Waals surface area contributed by atoms with E-state index in [-0.39, 0.29) is 11.7 Å². The highest BCUT2D eigenvalue weighted by Gasteiger charge is 2.13. The van der Waals surface area contributed by atoms with Gasteiger partial charge in [-0.3, -0.25) is 10.1 Å². The highest BCUT2D eigenvalue weighted by Crippen LogP contribution is 2.25. The number of carbonyl (C=O) groups excluding carboxylic acids is 1. The van der Waals surface area contributed by atoms with E-state index in [0.29, 0.717) is 9.80 Å². The summed E-state index contributed by atoms with van der Waals surface area (Å²) in [5.41, 5.74) is 0. The number of anilines is 1. The van der Waals surface area contributed by atoms with Gasteiger partial charge in [0.05, 0.1) is 0 Å². The largest absolute Gasteiger partial charge is 0.444 e. The van der Waals surface area contributed by atoms with Gasteiger partial charge in [-0.25, -0.2) is 0 Å². The number of amides is 1. The van der Waals surface area contributed by atoms with Gasteiger partial charge in [-0.05, 0) is 33.8 Å². The molecule has 2 aromatic heterocycles. The van der Waals surface area contributed by atoms with Gasteiger partial charge in [0.2, 0.25) is 5.13 Å². The minimum absolute atomic E-state index is 0.233. The number of nitrogens with zero attached hydrogens (tertiary/aromatic N) is 2. The molecule has 5 nitrogen and oxygen atoms in total. The Hall–Kier alpha value is -0.860. The van der Waals surface area contributed by atoms with Crippen LogP contribution in [0.25, 0.3) is 0 Å². The highest BCUT2D eigenvalue weighted by atomic mass is 79.9.